The number of carbonyl (C=O) groups is 2. The first-order valence-electron chi connectivity index (χ1n) is 6.54. The summed E-state index contributed by atoms with van der Waals surface area (Å²) in [4.78, 5) is 23.1. The topological polar surface area (TPSA) is 92.4 Å². The quantitative estimate of drug-likeness (QED) is 0.764. The van der Waals surface area contributed by atoms with Gasteiger partial charge < -0.3 is 16.2 Å². The molecule has 2 atom stereocenters. The Morgan fingerprint density at radius 2 is 1.80 bits per heavy atom. The summed E-state index contributed by atoms with van der Waals surface area (Å²) in [5.74, 6) is -1.31. The minimum absolute atomic E-state index is 0.174. The lowest BCUT2D eigenvalue weighted by Crippen LogP contribution is -2.49. The highest BCUT2D eigenvalue weighted by molar-refractivity contribution is 5.83. The van der Waals surface area contributed by atoms with E-state index < -0.39 is 18.1 Å². The van der Waals surface area contributed by atoms with Crippen molar-refractivity contribution in [3.05, 3.63) is 35.9 Å². The number of carboxylic acid groups (broad SMARTS) is 1. The number of amides is 1. The van der Waals surface area contributed by atoms with E-state index in [0.29, 0.717) is 0 Å². The van der Waals surface area contributed by atoms with Crippen LogP contribution in [-0.4, -0.2) is 23.0 Å². The van der Waals surface area contributed by atoms with E-state index in [0.717, 1.165) is 5.56 Å². The van der Waals surface area contributed by atoms with E-state index >= 15 is 0 Å². The molecule has 0 aliphatic carbocycles. The number of benzene rings is 1. The van der Waals surface area contributed by atoms with Crippen LogP contribution in [0.1, 0.15) is 38.8 Å². The van der Waals surface area contributed by atoms with Crippen LogP contribution in [0.4, 0.5) is 0 Å². The molecule has 5 heteroatoms. The number of nitrogens with one attached hydrogen (secondary N) is 1. The highest BCUT2D eigenvalue weighted by Crippen LogP contribution is 2.20. The molecular weight excluding hydrogens is 256 g/mol. The fourth-order valence-electron chi connectivity index (χ4n) is 1.77. The smallest absolute Gasteiger partial charge is 0.305 e. The summed E-state index contributed by atoms with van der Waals surface area (Å²) in [5.41, 5.74) is 6.27. The lowest BCUT2D eigenvalue weighted by molar-refractivity contribution is -0.137. The van der Waals surface area contributed by atoms with E-state index in [1.54, 1.807) is 24.3 Å². The number of carboxylic acids is 1. The van der Waals surface area contributed by atoms with Gasteiger partial charge in [0.15, 0.2) is 0 Å². The maximum absolute atomic E-state index is 12.1. The minimum Gasteiger partial charge on any atom is -0.481 e. The van der Waals surface area contributed by atoms with Crippen molar-refractivity contribution in [2.45, 2.75) is 39.3 Å². The minimum atomic E-state index is -0.969. The third-order valence-corrected chi connectivity index (χ3v) is 3.11. The van der Waals surface area contributed by atoms with Crippen molar-refractivity contribution in [1.29, 1.82) is 0 Å². The van der Waals surface area contributed by atoms with E-state index in [4.69, 9.17) is 10.8 Å². The van der Waals surface area contributed by atoms with Gasteiger partial charge in [0.25, 0.3) is 0 Å². The zero-order valence-electron chi connectivity index (χ0n) is 12.1. The zero-order chi connectivity index (χ0) is 15.3. The lowest BCUT2D eigenvalue weighted by Gasteiger charge is -2.28. The average Bonchev–Trinajstić information content (AvgIpc) is 2.36. The Morgan fingerprint density at radius 1 is 1.25 bits per heavy atom. The monoisotopic (exact) mass is 278 g/mol. The van der Waals surface area contributed by atoms with Crippen LogP contribution < -0.4 is 11.1 Å². The molecule has 0 aromatic heterocycles. The summed E-state index contributed by atoms with van der Waals surface area (Å²) in [5, 5.41) is 11.7. The van der Waals surface area contributed by atoms with Gasteiger partial charge in [-0.2, -0.15) is 0 Å². The molecule has 0 radical (unpaired) electrons. The zero-order valence-corrected chi connectivity index (χ0v) is 12.1. The Bertz CT molecular complexity index is 466. The molecule has 1 amide bonds. The standard InChI is InChI=1S/C15H22N2O3/c1-15(2,3)13(16)14(20)17-11(9-12(18)19)10-7-5-4-6-8-10/h4-8,11,13H,9,16H2,1-3H3,(H,17,20)(H,18,19)/t11?,13-/m1/s1. The first kappa shape index (κ1) is 16.2. The van der Waals surface area contributed by atoms with Crippen LogP contribution in [-0.2, 0) is 9.59 Å². The predicted molar refractivity (Wildman–Crippen MR) is 77.0 cm³/mol. The second kappa shape index (κ2) is 6.52. The lowest BCUT2D eigenvalue weighted by atomic mass is 9.86. The van der Waals surface area contributed by atoms with Crippen molar-refractivity contribution in [3.63, 3.8) is 0 Å². The second-order valence-corrected chi connectivity index (χ2v) is 5.91. The van der Waals surface area contributed by atoms with Gasteiger partial charge in [-0.05, 0) is 11.0 Å². The van der Waals surface area contributed by atoms with Crippen molar-refractivity contribution in [2.75, 3.05) is 0 Å². The molecule has 0 aliphatic heterocycles. The van der Waals surface area contributed by atoms with Crippen LogP contribution in [0.2, 0.25) is 0 Å². The number of aliphatic carboxylic acids is 1. The van der Waals surface area contributed by atoms with Gasteiger partial charge in [0, 0.05) is 0 Å². The van der Waals surface area contributed by atoms with Gasteiger partial charge in [-0.1, -0.05) is 51.1 Å². The molecular formula is C15H22N2O3. The molecule has 20 heavy (non-hydrogen) atoms. The van der Waals surface area contributed by atoms with Crippen LogP contribution in [0.5, 0.6) is 0 Å². The van der Waals surface area contributed by atoms with Crippen molar-refractivity contribution < 1.29 is 14.7 Å². The maximum atomic E-state index is 12.1. The fraction of sp³-hybridized carbons (Fsp3) is 0.467. The van der Waals surface area contributed by atoms with Crippen molar-refractivity contribution >= 4 is 11.9 Å². The molecule has 1 unspecified atom stereocenters. The first-order valence-corrected chi connectivity index (χ1v) is 6.54. The molecule has 0 aliphatic rings. The van der Waals surface area contributed by atoms with E-state index in [9.17, 15) is 9.59 Å². The summed E-state index contributed by atoms with van der Waals surface area (Å²) < 4.78 is 0. The molecule has 5 nitrogen and oxygen atoms in total. The molecule has 0 bridgehead atoms. The van der Waals surface area contributed by atoms with Gasteiger partial charge in [0.1, 0.15) is 0 Å². The van der Waals surface area contributed by atoms with E-state index in [1.165, 1.54) is 0 Å². The van der Waals surface area contributed by atoms with Crippen LogP contribution in [0, 0.1) is 5.41 Å². The van der Waals surface area contributed by atoms with Crippen molar-refractivity contribution in [2.24, 2.45) is 11.1 Å². The average molecular weight is 278 g/mol. The van der Waals surface area contributed by atoms with E-state index in [2.05, 4.69) is 5.32 Å². The Hall–Kier alpha value is -1.88. The number of nitrogens with two attached hydrogens (primary N) is 1. The molecule has 0 spiro atoms. The van der Waals surface area contributed by atoms with Crippen LogP contribution in [0.3, 0.4) is 0 Å². The number of hydrogen-bond acceptors (Lipinski definition) is 3. The Labute approximate surface area is 119 Å². The summed E-state index contributed by atoms with van der Waals surface area (Å²) >= 11 is 0. The molecule has 110 valence electrons. The molecule has 1 rings (SSSR count). The van der Waals surface area contributed by atoms with Gasteiger partial charge in [-0.15, -0.1) is 0 Å². The fourth-order valence-corrected chi connectivity index (χ4v) is 1.77. The summed E-state index contributed by atoms with van der Waals surface area (Å²) in [6.45, 7) is 5.60. The number of rotatable bonds is 5. The van der Waals surface area contributed by atoms with Crippen LogP contribution in [0.15, 0.2) is 30.3 Å². The number of carbonyl (C=O) groups excluding carboxylic acids is 1. The molecule has 0 saturated carbocycles. The second-order valence-electron chi connectivity index (χ2n) is 5.91. The largest absolute Gasteiger partial charge is 0.481 e. The van der Waals surface area contributed by atoms with E-state index in [1.807, 2.05) is 26.8 Å². The molecule has 0 saturated heterocycles. The summed E-state index contributed by atoms with van der Waals surface area (Å²) in [6, 6.07) is 7.76. The molecule has 0 heterocycles. The predicted octanol–water partition coefficient (Wildman–Crippen LogP) is 1.69. The van der Waals surface area contributed by atoms with Gasteiger partial charge >= 0.3 is 5.97 Å². The maximum Gasteiger partial charge on any atom is 0.305 e. The van der Waals surface area contributed by atoms with E-state index in [-0.39, 0.29) is 17.7 Å². The Kier molecular flexibility index (Phi) is 5.27. The highest BCUT2D eigenvalue weighted by atomic mass is 16.4. The summed E-state index contributed by atoms with van der Waals surface area (Å²) in [6.07, 6.45) is -0.174. The van der Waals surface area contributed by atoms with Gasteiger partial charge in [0.05, 0.1) is 18.5 Å². The molecule has 4 N–H and O–H groups in total. The third kappa shape index (κ3) is 4.66. The van der Waals surface area contributed by atoms with Crippen molar-refractivity contribution in [1.82, 2.24) is 5.32 Å². The number of hydrogen-bond donors (Lipinski definition) is 3. The molecule has 0 fully saturated rings. The van der Waals surface area contributed by atoms with Gasteiger partial charge in [-0.3, -0.25) is 9.59 Å². The molecule has 1 aromatic carbocycles. The normalized spacial score (nSPS) is 14.4. The Balaban J connectivity index is 2.86. The third-order valence-electron chi connectivity index (χ3n) is 3.11. The molecule has 1 aromatic rings. The Morgan fingerprint density at radius 3 is 2.25 bits per heavy atom. The van der Waals surface area contributed by atoms with Crippen LogP contribution in [0.25, 0.3) is 0 Å². The first-order chi connectivity index (χ1) is 9.21. The van der Waals surface area contributed by atoms with Gasteiger partial charge in [0.2, 0.25) is 5.91 Å². The van der Waals surface area contributed by atoms with Gasteiger partial charge in [-0.25, -0.2) is 0 Å². The highest BCUT2D eigenvalue weighted by Gasteiger charge is 2.29. The SMILES string of the molecule is CC(C)(C)[C@H](N)C(=O)NC(CC(=O)O)c1ccccc1. The van der Waals surface area contributed by atoms with Crippen LogP contribution >= 0.6 is 0 Å². The summed E-state index contributed by atoms with van der Waals surface area (Å²) in [7, 11) is 0. The van der Waals surface area contributed by atoms with Crippen molar-refractivity contribution in [3.8, 4) is 0 Å².